The lowest BCUT2D eigenvalue weighted by Gasteiger charge is -2.23. The topological polar surface area (TPSA) is 35.6 Å². The number of nitrogens with one attached hydrogen (secondary N) is 1. The molecule has 0 unspecified atom stereocenters. The summed E-state index contributed by atoms with van der Waals surface area (Å²) < 4.78 is 0. The molecule has 1 heterocycles. The van der Waals surface area contributed by atoms with Crippen LogP contribution in [0.15, 0.2) is 24.3 Å². The van der Waals surface area contributed by atoms with Gasteiger partial charge in [0.15, 0.2) is 0 Å². The molecule has 0 spiro atoms. The fourth-order valence-corrected chi connectivity index (χ4v) is 2.61. The molecular weight excluding hydrogens is 262 g/mol. The molecule has 0 aliphatic carbocycles. The van der Waals surface area contributed by atoms with E-state index in [9.17, 15) is 4.79 Å². The first kappa shape index (κ1) is 16.0. The minimum atomic E-state index is 0.205. The van der Waals surface area contributed by atoms with Crippen molar-refractivity contribution < 1.29 is 4.79 Å². The van der Waals surface area contributed by atoms with Gasteiger partial charge in [0, 0.05) is 26.7 Å². The summed E-state index contributed by atoms with van der Waals surface area (Å²) in [6.07, 6.45) is 2.17. The van der Waals surface area contributed by atoms with Gasteiger partial charge in [-0.05, 0) is 37.1 Å². The molecule has 2 rings (SSSR count). The molecule has 0 bridgehead atoms. The molecule has 1 saturated heterocycles. The van der Waals surface area contributed by atoms with Crippen LogP contribution in [0.3, 0.4) is 0 Å². The van der Waals surface area contributed by atoms with Crippen LogP contribution < -0.4 is 5.32 Å². The quantitative estimate of drug-likeness (QED) is 0.892. The van der Waals surface area contributed by atoms with E-state index in [1.54, 1.807) is 0 Å². The molecule has 1 aliphatic rings. The maximum Gasteiger partial charge on any atom is 0.236 e. The Morgan fingerprint density at radius 2 is 1.90 bits per heavy atom. The second-order valence-electron chi connectivity index (χ2n) is 5.80. The Balaban J connectivity index is 1.83. The van der Waals surface area contributed by atoms with Crippen LogP contribution in [0.4, 0.5) is 0 Å². The number of amides is 1. The highest BCUT2D eigenvalue weighted by molar-refractivity contribution is 5.78. The zero-order valence-corrected chi connectivity index (χ0v) is 13.3. The Kier molecular flexibility index (Phi) is 6.21. The van der Waals surface area contributed by atoms with Crippen molar-refractivity contribution in [3.05, 3.63) is 35.4 Å². The van der Waals surface area contributed by atoms with E-state index in [2.05, 4.69) is 41.4 Å². The molecule has 1 N–H and O–H groups in total. The first-order valence-electron chi connectivity index (χ1n) is 7.94. The third kappa shape index (κ3) is 5.14. The highest BCUT2D eigenvalue weighted by Crippen LogP contribution is 2.08. The molecule has 4 nitrogen and oxygen atoms in total. The van der Waals surface area contributed by atoms with Gasteiger partial charge in [-0.15, -0.1) is 0 Å². The number of aryl methyl sites for hydroxylation is 1. The summed E-state index contributed by atoms with van der Waals surface area (Å²) in [6, 6.07) is 8.54. The first-order valence-corrected chi connectivity index (χ1v) is 7.94. The van der Waals surface area contributed by atoms with E-state index in [1.807, 2.05) is 11.9 Å². The number of likely N-dealkylation sites (N-methyl/N-ethyl adjacent to an activating group) is 1. The third-order valence-electron chi connectivity index (χ3n) is 4.07. The fraction of sp³-hybridized carbons (Fsp3) is 0.588. The van der Waals surface area contributed by atoms with E-state index in [1.165, 1.54) is 11.1 Å². The molecule has 0 saturated carbocycles. The lowest BCUT2D eigenvalue weighted by atomic mass is 10.1. The zero-order valence-electron chi connectivity index (χ0n) is 13.3. The molecule has 1 aromatic carbocycles. The highest BCUT2D eigenvalue weighted by Gasteiger charge is 2.15. The molecule has 1 fully saturated rings. The molecule has 21 heavy (non-hydrogen) atoms. The van der Waals surface area contributed by atoms with Gasteiger partial charge < -0.3 is 10.2 Å². The van der Waals surface area contributed by atoms with E-state index < -0.39 is 0 Å². The van der Waals surface area contributed by atoms with Crippen molar-refractivity contribution >= 4 is 5.91 Å². The van der Waals surface area contributed by atoms with Crippen LogP contribution in [0.25, 0.3) is 0 Å². The average molecular weight is 289 g/mol. The van der Waals surface area contributed by atoms with Crippen molar-refractivity contribution in [2.75, 3.05) is 39.8 Å². The normalized spacial score (nSPS) is 16.5. The van der Waals surface area contributed by atoms with Crippen molar-refractivity contribution in [2.24, 2.45) is 0 Å². The number of benzene rings is 1. The van der Waals surface area contributed by atoms with Crippen LogP contribution >= 0.6 is 0 Å². The van der Waals surface area contributed by atoms with Crippen molar-refractivity contribution in [1.82, 2.24) is 15.1 Å². The predicted molar refractivity (Wildman–Crippen MR) is 86.2 cm³/mol. The molecular formula is C17H27N3O. The summed E-state index contributed by atoms with van der Waals surface area (Å²) in [5, 5.41) is 3.36. The van der Waals surface area contributed by atoms with Gasteiger partial charge in [-0.1, -0.05) is 31.2 Å². The minimum absolute atomic E-state index is 0.205. The minimum Gasteiger partial charge on any atom is -0.340 e. The summed E-state index contributed by atoms with van der Waals surface area (Å²) in [5.41, 5.74) is 2.53. The van der Waals surface area contributed by atoms with Crippen molar-refractivity contribution in [3.8, 4) is 0 Å². The number of nitrogens with zero attached hydrogens (tertiary/aromatic N) is 2. The Morgan fingerprint density at radius 1 is 1.19 bits per heavy atom. The lowest BCUT2D eigenvalue weighted by Crippen LogP contribution is -2.39. The summed E-state index contributed by atoms with van der Waals surface area (Å²) >= 11 is 0. The van der Waals surface area contributed by atoms with Crippen LogP contribution in [0, 0.1) is 0 Å². The lowest BCUT2D eigenvalue weighted by molar-refractivity contribution is -0.131. The molecule has 0 radical (unpaired) electrons. The first-order chi connectivity index (χ1) is 10.2. The van der Waals surface area contributed by atoms with E-state index in [0.717, 1.165) is 39.0 Å². The standard InChI is InChI=1S/C17H27N3O/c1-3-15-5-7-16(8-6-15)13-19(2)17(21)14-20-11-4-9-18-10-12-20/h5-8,18H,3-4,9-14H2,1-2H3. The molecule has 116 valence electrons. The van der Waals surface area contributed by atoms with E-state index >= 15 is 0 Å². The number of hydrogen-bond acceptors (Lipinski definition) is 3. The highest BCUT2D eigenvalue weighted by atomic mass is 16.2. The Labute approximate surface area is 128 Å². The van der Waals surface area contributed by atoms with Gasteiger partial charge in [0.25, 0.3) is 0 Å². The van der Waals surface area contributed by atoms with Crippen molar-refractivity contribution in [3.63, 3.8) is 0 Å². The second-order valence-corrected chi connectivity index (χ2v) is 5.80. The van der Waals surface area contributed by atoms with Gasteiger partial charge in [0.05, 0.1) is 6.54 Å². The summed E-state index contributed by atoms with van der Waals surface area (Å²) in [6.45, 7) is 7.39. The molecule has 4 heteroatoms. The maximum atomic E-state index is 12.3. The van der Waals surface area contributed by atoms with Crippen LogP contribution in [0.5, 0.6) is 0 Å². The SMILES string of the molecule is CCc1ccc(CN(C)C(=O)CN2CCCNCC2)cc1. The van der Waals surface area contributed by atoms with Crippen molar-refractivity contribution in [1.29, 1.82) is 0 Å². The van der Waals surface area contributed by atoms with Gasteiger partial charge in [0.1, 0.15) is 0 Å². The predicted octanol–water partition coefficient (Wildman–Crippen LogP) is 1.50. The van der Waals surface area contributed by atoms with Gasteiger partial charge in [0.2, 0.25) is 5.91 Å². The summed E-state index contributed by atoms with van der Waals surface area (Å²) in [7, 11) is 1.89. The maximum absolute atomic E-state index is 12.3. The molecule has 1 aromatic rings. The monoisotopic (exact) mass is 289 g/mol. The Morgan fingerprint density at radius 3 is 2.62 bits per heavy atom. The van der Waals surface area contributed by atoms with E-state index in [4.69, 9.17) is 0 Å². The van der Waals surface area contributed by atoms with Gasteiger partial charge >= 0.3 is 0 Å². The van der Waals surface area contributed by atoms with Crippen LogP contribution in [-0.4, -0.2) is 55.5 Å². The fourth-order valence-electron chi connectivity index (χ4n) is 2.61. The van der Waals surface area contributed by atoms with Gasteiger partial charge in [-0.25, -0.2) is 0 Å². The number of rotatable bonds is 5. The second kappa shape index (κ2) is 8.15. The van der Waals surface area contributed by atoms with E-state index in [-0.39, 0.29) is 5.91 Å². The van der Waals surface area contributed by atoms with Crippen LogP contribution in [0.2, 0.25) is 0 Å². The molecule has 0 atom stereocenters. The molecule has 1 amide bonds. The number of hydrogen-bond donors (Lipinski definition) is 1. The third-order valence-corrected chi connectivity index (χ3v) is 4.07. The Bertz CT molecular complexity index is 436. The van der Waals surface area contributed by atoms with E-state index in [0.29, 0.717) is 13.1 Å². The Hall–Kier alpha value is -1.39. The summed E-state index contributed by atoms with van der Waals surface area (Å²) in [5.74, 6) is 0.205. The van der Waals surface area contributed by atoms with Gasteiger partial charge in [-0.3, -0.25) is 9.69 Å². The van der Waals surface area contributed by atoms with Gasteiger partial charge in [-0.2, -0.15) is 0 Å². The van der Waals surface area contributed by atoms with Crippen molar-refractivity contribution in [2.45, 2.75) is 26.3 Å². The summed E-state index contributed by atoms with van der Waals surface area (Å²) in [4.78, 5) is 16.4. The van der Waals surface area contributed by atoms with Crippen LogP contribution in [-0.2, 0) is 17.8 Å². The molecule has 0 aromatic heterocycles. The zero-order chi connectivity index (χ0) is 15.1. The smallest absolute Gasteiger partial charge is 0.236 e. The molecule has 1 aliphatic heterocycles. The number of carbonyl (C=O) groups is 1. The average Bonchev–Trinajstić information content (AvgIpc) is 2.76. The van der Waals surface area contributed by atoms with Crippen LogP contribution in [0.1, 0.15) is 24.5 Å². The number of carbonyl (C=O) groups excluding carboxylic acids is 1. The largest absolute Gasteiger partial charge is 0.340 e.